The molecule has 1 saturated heterocycles. The highest BCUT2D eigenvalue weighted by Gasteiger charge is 2.13. The number of para-hydroxylation sites is 1. The molecule has 1 aromatic heterocycles. The third-order valence-electron chi connectivity index (χ3n) is 3.81. The van der Waals surface area contributed by atoms with Crippen molar-refractivity contribution in [1.82, 2.24) is 10.3 Å². The Morgan fingerprint density at radius 2 is 2.26 bits per heavy atom. The lowest BCUT2D eigenvalue weighted by Gasteiger charge is -2.13. The molecule has 1 atom stereocenters. The number of aryl methyl sites for hydroxylation is 1. The first-order valence-corrected chi connectivity index (χ1v) is 7.16. The van der Waals surface area contributed by atoms with E-state index in [0.29, 0.717) is 6.04 Å². The largest absolute Gasteiger partial charge is 0.384 e. The zero-order valence-electron chi connectivity index (χ0n) is 11.4. The maximum Gasteiger partial charge on any atom is 0.0725 e. The van der Waals surface area contributed by atoms with Gasteiger partial charge in [0.05, 0.1) is 5.52 Å². The Hall–Kier alpha value is -1.61. The van der Waals surface area contributed by atoms with Gasteiger partial charge in [-0.25, -0.2) is 0 Å². The van der Waals surface area contributed by atoms with E-state index in [4.69, 9.17) is 0 Å². The van der Waals surface area contributed by atoms with Crippen molar-refractivity contribution >= 4 is 16.6 Å². The van der Waals surface area contributed by atoms with Crippen molar-refractivity contribution in [3.8, 4) is 0 Å². The van der Waals surface area contributed by atoms with Gasteiger partial charge in [-0.05, 0) is 44.9 Å². The fourth-order valence-corrected chi connectivity index (χ4v) is 2.84. The normalized spacial score (nSPS) is 18.9. The summed E-state index contributed by atoms with van der Waals surface area (Å²) >= 11 is 0. The van der Waals surface area contributed by atoms with Crippen LogP contribution in [-0.2, 0) is 0 Å². The minimum Gasteiger partial charge on any atom is -0.384 e. The highest BCUT2D eigenvalue weighted by atomic mass is 15.0. The highest BCUT2D eigenvalue weighted by Crippen LogP contribution is 2.23. The number of hydrogen-bond acceptors (Lipinski definition) is 3. The standard InChI is InChI=1S/C16H21N3/c1-12-11-16(14-6-2-3-7-15(14)19-12)18-10-8-13-5-4-9-17-13/h2-3,6-7,11,13,17H,4-5,8-10H2,1H3,(H,18,19)/t13-/m0/s1. The van der Waals surface area contributed by atoms with Crippen LogP contribution in [0.4, 0.5) is 5.69 Å². The summed E-state index contributed by atoms with van der Waals surface area (Å²) in [4.78, 5) is 4.57. The van der Waals surface area contributed by atoms with E-state index in [-0.39, 0.29) is 0 Å². The molecule has 19 heavy (non-hydrogen) atoms. The van der Waals surface area contributed by atoms with Gasteiger partial charge in [-0.1, -0.05) is 18.2 Å². The molecule has 2 N–H and O–H groups in total. The van der Waals surface area contributed by atoms with Gasteiger partial charge in [0.1, 0.15) is 0 Å². The summed E-state index contributed by atoms with van der Waals surface area (Å²) in [6.07, 6.45) is 3.83. The lowest BCUT2D eigenvalue weighted by molar-refractivity contribution is 0.574. The Labute approximate surface area is 114 Å². The molecule has 0 spiro atoms. The maximum atomic E-state index is 4.57. The first-order valence-electron chi connectivity index (χ1n) is 7.16. The quantitative estimate of drug-likeness (QED) is 0.881. The smallest absolute Gasteiger partial charge is 0.0725 e. The minimum absolute atomic E-state index is 0.696. The van der Waals surface area contributed by atoms with Crippen LogP contribution >= 0.6 is 0 Å². The molecule has 0 radical (unpaired) electrons. The fourth-order valence-electron chi connectivity index (χ4n) is 2.84. The van der Waals surface area contributed by atoms with E-state index in [1.165, 1.54) is 36.9 Å². The number of aromatic nitrogens is 1. The second kappa shape index (κ2) is 5.57. The predicted molar refractivity (Wildman–Crippen MR) is 80.6 cm³/mol. The van der Waals surface area contributed by atoms with E-state index in [0.717, 1.165) is 17.8 Å². The van der Waals surface area contributed by atoms with Crippen LogP contribution < -0.4 is 10.6 Å². The van der Waals surface area contributed by atoms with Gasteiger partial charge in [-0.2, -0.15) is 0 Å². The van der Waals surface area contributed by atoms with E-state index in [1.54, 1.807) is 0 Å². The lowest BCUT2D eigenvalue weighted by atomic mass is 10.1. The molecule has 3 nitrogen and oxygen atoms in total. The summed E-state index contributed by atoms with van der Waals surface area (Å²) in [5.41, 5.74) is 3.35. The third kappa shape index (κ3) is 2.87. The van der Waals surface area contributed by atoms with Gasteiger partial charge in [0.2, 0.25) is 0 Å². The third-order valence-corrected chi connectivity index (χ3v) is 3.81. The average molecular weight is 255 g/mol. The van der Waals surface area contributed by atoms with Crippen molar-refractivity contribution < 1.29 is 0 Å². The summed E-state index contributed by atoms with van der Waals surface area (Å²) in [5.74, 6) is 0. The van der Waals surface area contributed by atoms with E-state index in [2.05, 4.69) is 46.8 Å². The van der Waals surface area contributed by atoms with Crippen molar-refractivity contribution in [2.45, 2.75) is 32.2 Å². The molecule has 1 aliphatic heterocycles. The molecule has 2 heterocycles. The maximum absolute atomic E-state index is 4.57. The monoisotopic (exact) mass is 255 g/mol. The number of nitrogens with zero attached hydrogens (tertiary/aromatic N) is 1. The molecular formula is C16H21N3. The molecule has 3 heteroatoms. The van der Waals surface area contributed by atoms with Crippen molar-refractivity contribution in [3.63, 3.8) is 0 Å². The van der Waals surface area contributed by atoms with Gasteiger partial charge in [-0.15, -0.1) is 0 Å². The number of fused-ring (bicyclic) bond motifs is 1. The van der Waals surface area contributed by atoms with Crippen molar-refractivity contribution in [3.05, 3.63) is 36.0 Å². The molecule has 0 bridgehead atoms. The van der Waals surface area contributed by atoms with Gasteiger partial charge in [0, 0.05) is 29.4 Å². The Morgan fingerprint density at radius 3 is 3.11 bits per heavy atom. The Morgan fingerprint density at radius 1 is 1.37 bits per heavy atom. The zero-order chi connectivity index (χ0) is 13.1. The number of anilines is 1. The van der Waals surface area contributed by atoms with Crippen molar-refractivity contribution in [1.29, 1.82) is 0 Å². The first kappa shape index (κ1) is 12.4. The molecule has 1 aliphatic rings. The van der Waals surface area contributed by atoms with Crippen LogP contribution in [0.5, 0.6) is 0 Å². The number of nitrogens with one attached hydrogen (secondary N) is 2. The Kier molecular flexibility index (Phi) is 3.65. The molecule has 0 unspecified atom stereocenters. The summed E-state index contributed by atoms with van der Waals surface area (Å²) in [7, 11) is 0. The fraction of sp³-hybridized carbons (Fsp3) is 0.438. The summed E-state index contributed by atoms with van der Waals surface area (Å²) in [5, 5.41) is 8.33. The molecular weight excluding hydrogens is 234 g/mol. The lowest BCUT2D eigenvalue weighted by Crippen LogP contribution is -2.24. The molecule has 0 amide bonds. The topological polar surface area (TPSA) is 37.0 Å². The Bertz CT molecular complexity index is 559. The second-order valence-corrected chi connectivity index (χ2v) is 5.34. The van der Waals surface area contributed by atoms with E-state index in [9.17, 15) is 0 Å². The highest BCUT2D eigenvalue weighted by molar-refractivity contribution is 5.91. The van der Waals surface area contributed by atoms with Crippen molar-refractivity contribution in [2.24, 2.45) is 0 Å². The van der Waals surface area contributed by atoms with Gasteiger partial charge < -0.3 is 10.6 Å². The first-order chi connectivity index (χ1) is 9.33. The SMILES string of the molecule is Cc1cc(NCC[C@@H]2CCCN2)c2ccccc2n1. The number of pyridine rings is 1. The minimum atomic E-state index is 0.696. The van der Waals surface area contributed by atoms with Gasteiger partial charge in [0.25, 0.3) is 0 Å². The van der Waals surface area contributed by atoms with Gasteiger partial charge in [0.15, 0.2) is 0 Å². The van der Waals surface area contributed by atoms with E-state index >= 15 is 0 Å². The molecule has 3 rings (SSSR count). The predicted octanol–water partition coefficient (Wildman–Crippen LogP) is 3.10. The van der Waals surface area contributed by atoms with Gasteiger partial charge in [-0.3, -0.25) is 4.98 Å². The molecule has 2 aromatic rings. The van der Waals surface area contributed by atoms with Crippen LogP contribution in [0.25, 0.3) is 10.9 Å². The summed E-state index contributed by atoms with van der Waals surface area (Å²) in [6, 6.07) is 11.2. The zero-order valence-corrected chi connectivity index (χ0v) is 11.4. The second-order valence-electron chi connectivity index (χ2n) is 5.34. The van der Waals surface area contributed by atoms with Crippen LogP contribution in [-0.4, -0.2) is 24.1 Å². The average Bonchev–Trinajstić information content (AvgIpc) is 2.91. The molecule has 1 fully saturated rings. The van der Waals surface area contributed by atoms with Gasteiger partial charge >= 0.3 is 0 Å². The molecule has 0 aliphatic carbocycles. The molecule has 100 valence electrons. The number of rotatable bonds is 4. The van der Waals surface area contributed by atoms with Crippen molar-refractivity contribution in [2.75, 3.05) is 18.4 Å². The number of hydrogen-bond donors (Lipinski definition) is 2. The number of benzene rings is 1. The van der Waals surface area contributed by atoms with Crippen LogP contribution in [0, 0.1) is 6.92 Å². The molecule has 1 aromatic carbocycles. The Balaban J connectivity index is 1.72. The van der Waals surface area contributed by atoms with E-state index < -0.39 is 0 Å². The van der Waals surface area contributed by atoms with Crippen LogP contribution in [0.15, 0.2) is 30.3 Å². The van der Waals surface area contributed by atoms with Crippen LogP contribution in [0.1, 0.15) is 25.0 Å². The summed E-state index contributed by atoms with van der Waals surface area (Å²) < 4.78 is 0. The summed E-state index contributed by atoms with van der Waals surface area (Å²) in [6.45, 7) is 4.25. The molecule has 0 saturated carbocycles. The van der Waals surface area contributed by atoms with E-state index in [1.807, 2.05) is 6.07 Å². The van der Waals surface area contributed by atoms with Crippen LogP contribution in [0.3, 0.4) is 0 Å². The van der Waals surface area contributed by atoms with Crippen LogP contribution in [0.2, 0.25) is 0 Å².